The maximum atomic E-state index is 12.0. The zero-order valence-corrected chi connectivity index (χ0v) is 15.9. The van der Waals surface area contributed by atoms with Crippen molar-refractivity contribution in [1.82, 2.24) is 9.55 Å². The molecule has 1 heterocycles. The summed E-state index contributed by atoms with van der Waals surface area (Å²) in [4.78, 5) is 14.9. The lowest BCUT2D eigenvalue weighted by Crippen LogP contribution is -2.12. The smallest absolute Gasteiger partial charge is 0.270 e. The molecule has 0 saturated carbocycles. The van der Waals surface area contributed by atoms with E-state index < -0.39 is 14.8 Å². The number of hydrogen-bond donors (Lipinski definition) is 1. The average Bonchev–Trinajstić information content (AvgIpc) is 2.98. The number of aromatic nitrogens is 2. The molecule has 1 aromatic heterocycles. The summed E-state index contributed by atoms with van der Waals surface area (Å²) in [7, 11) is -3.61. The summed E-state index contributed by atoms with van der Waals surface area (Å²) in [6.45, 7) is 3.27. The van der Waals surface area contributed by atoms with Crippen LogP contribution in [0.15, 0.2) is 47.4 Å². The Morgan fingerprint density at radius 1 is 1.22 bits per heavy atom. The minimum Gasteiger partial charge on any atom is -0.384 e. The van der Waals surface area contributed by atoms with E-state index in [0.29, 0.717) is 18.7 Å². The fourth-order valence-electron chi connectivity index (χ4n) is 3.06. The molecule has 0 bridgehead atoms. The molecule has 8 nitrogen and oxygen atoms in total. The van der Waals surface area contributed by atoms with Gasteiger partial charge in [0, 0.05) is 37.9 Å². The zero-order valence-electron chi connectivity index (χ0n) is 15.0. The lowest BCUT2D eigenvalue weighted by Gasteiger charge is -2.11. The van der Waals surface area contributed by atoms with Gasteiger partial charge in [0.15, 0.2) is 9.84 Å². The molecule has 3 aromatic rings. The number of nitro benzene ring substituents is 1. The van der Waals surface area contributed by atoms with Gasteiger partial charge in [0.1, 0.15) is 5.82 Å². The Labute approximate surface area is 156 Å². The molecule has 2 aromatic carbocycles. The van der Waals surface area contributed by atoms with Crippen LogP contribution in [0.25, 0.3) is 11.0 Å². The Balaban J connectivity index is 1.83. The van der Waals surface area contributed by atoms with E-state index in [1.54, 1.807) is 0 Å². The summed E-state index contributed by atoms with van der Waals surface area (Å²) in [5.74, 6) is 0.897. The van der Waals surface area contributed by atoms with Crippen LogP contribution in [0.3, 0.4) is 0 Å². The van der Waals surface area contributed by atoms with E-state index in [2.05, 4.69) is 14.9 Å². The van der Waals surface area contributed by atoms with Crippen molar-refractivity contribution in [2.45, 2.75) is 24.8 Å². The number of non-ortho nitro benzene ring substituents is 1. The number of para-hydroxylation sites is 2. The normalized spacial score (nSPS) is 11.6. The van der Waals surface area contributed by atoms with Crippen LogP contribution in [0.1, 0.15) is 12.7 Å². The SMILES string of the molecule is CCn1c(CCNc2ccc([N+](=O)[O-])cc2S(C)(=O)=O)nc2ccccc21. The highest BCUT2D eigenvalue weighted by Gasteiger charge is 2.18. The van der Waals surface area contributed by atoms with Crippen LogP contribution in [0, 0.1) is 10.1 Å². The number of sulfone groups is 1. The van der Waals surface area contributed by atoms with E-state index >= 15 is 0 Å². The summed E-state index contributed by atoms with van der Waals surface area (Å²) in [6.07, 6.45) is 1.62. The van der Waals surface area contributed by atoms with Gasteiger partial charge in [-0.3, -0.25) is 10.1 Å². The summed E-state index contributed by atoms with van der Waals surface area (Å²) in [5.41, 5.74) is 2.07. The molecule has 0 fully saturated rings. The number of aryl methyl sites for hydroxylation is 1. The highest BCUT2D eigenvalue weighted by atomic mass is 32.2. The number of hydrogen-bond acceptors (Lipinski definition) is 6. The van der Waals surface area contributed by atoms with E-state index in [1.807, 2.05) is 31.2 Å². The Morgan fingerprint density at radius 3 is 2.63 bits per heavy atom. The van der Waals surface area contributed by atoms with Gasteiger partial charge >= 0.3 is 0 Å². The van der Waals surface area contributed by atoms with E-state index in [-0.39, 0.29) is 10.6 Å². The van der Waals surface area contributed by atoms with Gasteiger partial charge in [-0.05, 0) is 25.1 Å². The van der Waals surface area contributed by atoms with Crippen molar-refractivity contribution >= 4 is 32.2 Å². The first-order chi connectivity index (χ1) is 12.8. The molecule has 0 spiro atoms. The van der Waals surface area contributed by atoms with E-state index in [4.69, 9.17) is 0 Å². The molecule has 0 unspecified atom stereocenters. The lowest BCUT2D eigenvalue weighted by molar-refractivity contribution is -0.385. The highest BCUT2D eigenvalue weighted by Crippen LogP contribution is 2.26. The third-order valence-corrected chi connectivity index (χ3v) is 5.43. The summed E-state index contributed by atoms with van der Waals surface area (Å²) < 4.78 is 26.1. The zero-order chi connectivity index (χ0) is 19.6. The van der Waals surface area contributed by atoms with Crippen molar-refractivity contribution in [1.29, 1.82) is 0 Å². The second kappa shape index (κ2) is 7.36. The molecule has 142 valence electrons. The first-order valence-electron chi connectivity index (χ1n) is 8.47. The Morgan fingerprint density at radius 2 is 1.96 bits per heavy atom. The Bertz CT molecular complexity index is 1110. The maximum absolute atomic E-state index is 12.0. The fraction of sp³-hybridized carbons (Fsp3) is 0.278. The molecule has 0 amide bonds. The van der Waals surface area contributed by atoms with Gasteiger partial charge in [-0.1, -0.05) is 12.1 Å². The Hall–Kier alpha value is -2.94. The van der Waals surface area contributed by atoms with E-state index in [0.717, 1.165) is 35.7 Å². The van der Waals surface area contributed by atoms with Crippen LogP contribution in [0.5, 0.6) is 0 Å². The number of benzene rings is 2. The number of imidazole rings is 1. The largest absolute Gasteiger partial charge is 0.384 e. The molecular formula is C18H20N4O4S. The summed E-state index contributed by atoms with van der Waals surface area (Å²) >= 11 is 0. The Kier molecular flexibility index (Phi) is 5.13. The van der Waals surface area contributed by atoms with Crippen LogP contribution in [0.2, 0.25) is 0 Å². The third-order valence-electron chi connectivity index (χ3n) is 4.29. The van der Waals surface area contributed by atoms with Crippen LogP contribution in [0.4, 0.5) is 11.4 Å². The van der Waals surface area contributed by atoms with Crippen molar-refractivity contribution in [3.63, 3.8) is 0 Å². The van der Waals surface area contributed by atoms with Crippen molar-refractivity contribution < 1.29 is 13.3 Å². The molecule has 0 aliphatic heterocycles. The minimum absolute atomic E-state index is 0.0827. The molecule has 0 atom stereocenters. The van der Waals surface area contributed by atoms with Gasteiger partial charge in [0.25, 0.3) is 5.69 Å². The van der Waals surface area contributed by atoms with Crippen molar-refractivity contribution in [3.8, 4) is 0 Å². The molecular weight excluding hydrogens is 368 g/mol. The van der Waals surface area contributed by atoms with E-state index in [9.17, 15) is 18.5 Å². The first-order valence-corrected chi connectivity index (χ1v) is 10.4. The standard InChI is InChI=1S/C18H20N4O4S/c1-3-21-16-7-5-4-6-14(16)20-18(21)10-11-19-15-9-8-13(22(23)24)12-17(15)27(2,25)26/h4-9,12,19H,3,10-11H2,1-2H3. The predicted octanol–water partition coefficient (Wildman–Crippen LogP) is 3.02. The third kappa shape index (κ3) is 3.92. The summed E-state index contributed by atoms with van der Waals surface area (Å²) in [5, 5.41) is 14.0. The van der Waals surface area contributed by atoms with Crippen LogP contribution in [-0.4, -0.2) is 35.7 Å². The van der Waals surface area contributed by atoms with Gasteiger partial charge < -0.3 is 9.88 Å². The number of nitro groups is 1. The van der Waals surface area contributed by atoms with Gasteiger partial charge in [-0.15, -0.1) is 0 Å². The van der Waals surface area contributed by atoms with Gasteiger partial charge in [0.2, 0.25) is 0 Å². The fourth-order valence-corrected chi connectivity index (χ4v) is 3.93. The highest BCUT2D eigenvalue weighted by molar-refractivity contribution is 7.90. The van der Waals surface area contributed by atoms with Crippen LogP contribution >= 0.6 is 0 Å². The van der Waals surface area contributed by atoms with Crippen molar-refractivity contribution in [3.05, 3.63) is 58.4 Å². The molecule has 0 aliphatic carbocycles. The quantitative estimate of drug-likeness (QED) is 0.492. The second-order valence-electron chi connectivity index (χ2n) is 6.15. The van der Waals surface area contributed by atoms with Gasteiger partial charge in [-0.2, -0.15) is 0 Å². The van der Waals surface area contributed by atoms with Crippen molar-refractivity contribution in [2.24, 2.45) is 0 Å². The summed E-state index contributed by atoms with van der Waals surface area (Å²) in [6, 6.07) is 11.7. The topological polar surface area (TPSA) is 107 Å². The molecule has 27 heavy (non-hydrogen) atoms. The molecule has 0 radical (unpaired) electrons. The maximum Gasteiger partial charge on any atom is 0.270 e. The average molecular weight is 388 g/mol. The van der Waals surface area contributed by atoms with E-state index in [1.165, 1.54) is 12.1 Å². The van der Waals surface area contributed by atoms with Crippen molar-refractivity contribution in [2.75, 3.05) is 18.1 Å². The second-order valence-corrected chi connectivity index (χ2v) is 8.13. The number of rotatable bonds is 7. The van der Waals surface area contributed by atoms with Crippen LogP contribution in [-0.2, 0) is 22.8 Å². The molecule has 9 heteroatoms. The first kappa shape index (κ1) is 18.8. The van der Waals surface area contributed by atoms with Gasteiger partial charge in [0.05, 0.1) is 26.5 Å². The number of fused-ring (bicyclic) bond motifs is 1. The predicted molar refractivity (Wildman–Crippen MR) is 104 cm³/mol. The molecule has 0 saturated heterocycles. The lowest BCUT2D eigenvalue weighted by atomic mass is 10.2. The van der Waals surface area contributed by atoms with Gasteiger partial charge in [-0.25, -0.2) is 13.4 Å². The number of anilines is 1. The minimum atomic E-state index is -3.61. The number of nitrogens with one attached hydrogen (secondary N) is 1. The monoisotopic (exact) mass is 388 g/mol. The number of nitrogens with zero attached hydrogens (tertiary/aromatic N) is 3. The van der Waals surface area contributed by atoms with Crippen LogP contribution < -0.4 is 5.32 Å². The molecule has 3 rings (SSSR count). The molecule has 1 N–H and O–H groups in total. The molecule has 0 aliphatic rings.